The van der Waals surface area contributed by atoms with Gasteiger partial charge in [0.15, 0.2) is 5.78 Å². The van der Waals surface area contributed by atoms with E-state index in [2.05, 4.69) is 0 Å². The van der Waals surface area contributed by atoms with E-state index in [1.165, 1.54) is 12.1 Å². The molecule has 0 spiro atoms. The van der Waals surface area contributed by atoms with Crippen molar-refractivity contribution in [2.24, 2.45) is 0 Å². The van der Waals surface area contributed by atoms with E-state index in [1.54, 1.807) is 24.3 Å². The second-order valence-electron chi connectivity index (χ2n) is 3.85. The van der Waals surface area contributed by atoms with Crippen molar-refractivity contribution in [2.75, 3.05) is 5.73 Å². The summed E-state index contributed by atoms with van der Waals surface area (Å²) in [6.07, 6.45) is 0. The summed E-state index contributed by atoms with van der Waals surface area (Å²) >= 11 is 0. The molecule has 0 saturated carbocycles. The summed E-state index contributed by atoms with van der Waals surface area (Å²) in [4.78, 5) is 12.1. The average Bonchev–Trinajstić information content (AvgIpc) is 2.32. The topological polar surface area (TPSA) is 43.1 Å². The molecule has 0 aliphatic carbocycles. The molecule has 2 aromatic rings. The average molecular weight is 229 g/mol. The standard InChI is InChI=1S/C14H12FNO/c1-9-5-4-7-11(13(9)16)14(17)10-6-2-3-8-12(10)15/h2-8H,16H2,1H3. The number of benzene rings is 2. The van der Waals surface area contributed by atoms with Crippen molar-refractivity contribution < 1.29 is 9.18 Å². The van der Waals surface area contributed by atoms with Gasteiger partial charge in [-0.2, -0.15) is 0 Å². The van der Waals surface area contributed by atoms with E-state index in [4.69, 9.17) is 5.73 Å². The molecule has 0 amide bonds. The number of nitrogen functional groups attached to an aromatic ring is 1. The van der Waals surface area contributed by atoms with Crippen LogP contribution in [0.1, 0.15) is 21.5 Å². The molecule has 0 radical (unpaired) electrons. The Morgan fingerprint density at radius 3 is 2.41 bits per heavy atom. The van der Waals surface area contributed by atoms with E-state index in [1.807, 2.05) is 13.0 Å². The fraction of sp³-hybridized carbons (Fsp3) is 0.0714. The Morgan fingerprint density at radius 1 is 1.06 bits per heavy atom. The molecule has 86 valence electrons. The van der Waals surface area contributed by atoms with Gasteiger partial charge in [-0.1, -0.05) is 24.3 Å². The summed E-state index contributed by atoms with van der Waals surface area (Å²) in [6.45, 7) is 1.81. The molecule has 0 aliphatic rings. The summed E-state index contributed by atoms with van der Waals surface area (Å²) in [5.41, 5.74) is 7.43. The van der Waals surface area contributed by atoms with Crippen molar-refractivity contribution in [3.05, 3.63) is 65.0 Å². The van der Waals surface area contributed by atoms with Crippen LogP contribution in [-0.2, 0) is 0 Å². The maximum absolute atomic E-state index is 13.5. The first-order chi connectivity index (χ1) is 8.11. The summed E-state index contributed by atoms with van der Waals surface area (Å²) in [7, 11) is 0. The molecular formula is C14H12FNO. The molecule has 0 unspecified atom stereocenters. The summed E-state index contributed by atoms with van der Waals surface area (Å²) < 4.78 is 13.5. The largest absolute Gasteiger partial charge is 0.398 e. The van der Waals surface area contributed by atoms with Gasteiger partial charge in [0.1, 0.15) is 5.82 Å². The Bertz CT molecular complexity index is 578. The Kier molecular flexibility index (Phi) is 2.91. The van der Waals surface area contributed by atoms with Crippen LogP contribution < -0.4 is 5.73 Å². The van der Waals surface area contributed by atoms with Gasteiger partial charge in [0.05, 0.1) is 5.56 Å². The number of nitrogens with two attached hydrogens (primary N) is 1. The van der Waals surface area contributed by atoms with Crippen LogP contribution in [0.25, 0.3) is 0 Å². The molecule has 2 nitrogen and oxygen atoms in total. The summed E-state index contributed by atoms with van der Waals surface area (Å²) in [6, 6.07) is 11.1. The highest BCUT2D eigenvalue weighted by molar-refractivity contribution is 6.12. The van der Waals surface area contributed by atoms with E-state index >= 15 is 0 Å². The third-order valence-electron chi connectivity index (χ3n) is 2.69. The number of anilines is 1. The lowest BCUT2D eigenvalue weighted by Gasteiger charge is -2.07. The number of rotatable bonds is 2. The minimum absolute atomic E-state index is 0.0461. The number of carbonyl (C=O) groups excluding carboxylic acids is 1. The fourth-order valence-electron chi connectivity index (χ4n) is 1.67. The predicted molar refractivity (Wildman–Crippen MR) is 65.4 cm³/mol. The van der Waals surface area contributed by atoms with Gasteiger partial charge < -0.3 is 5.73 Å². The monoisotopic (exact) mass is 229 g/mol. The molecule has 0 aliphatic heterocycles. The zero-order valence-corrected chi connectivity index (χ0v) is 9.41. The molecule has 0 atom stereocenters. The van der Waals surface area contributed by atoms with Gasteiger partial charge in [-0.15, -0.1) is 0 Å². The Hall–Kier alpha value is -2.16. The number of aryl methyl sites for hydroxylation is 1. The van der Waals surface area contributed by atoms with Gasteiger partial charge in [-0.25, -0.2) is 4.39 Å². The van der Waals surface area contributed by atoms with E-state index in [9.17, 15) is 9.18 Å². The van der Waals surface area contributed by atoms with Crippen LogP contribution in [-0.4, -0.2) is 5.78 Å². The molecular weight excluding hydrogens is 217 g/mol. The number of para-hydroxylation sites is 1. The van der Waals surface area contributed by atoms with Gasteiger partial charge in [-0.3, -0.25) is 4.79 Å². The van der Waals surface area contributed by atoms with Gasteiger partial charge in [0.25, 0.3) is 0 Å². The molecule has 0 saturated heterocycles. The predicted octanol–water partition coefficient (Wildman–Crippen LogP) is 2.95. The highest BCUT2D eigenvalue weighted by Crippen LogP contribution is 2.21. The maximum atomic E-state index is 13.5. The smallest absolute Gasteiger partial charge is 0.198 e. The van der Waals surface area contributed by atoms with Crippen LogP contribution in [0.2, 0.25) is 0 Å². The number of hydrogen-bond donors (Lipinski definition) is 1. The second kappa shape index (κ2) is 4.37. The number of halogens is 1. The quantitative estimate of drug-likeness (QED) is 0.635. The van der Waals surface area contributed by atoms with Crippen molar-refractivity contribution in [3.8, 4) is 0 Å². The molecule has 0 bridgehead atoms. The van der Waals surface area contributed by atoms with Gasteiger partial charge in [0, 0.05) is 11.3 Å². The first kappa shape index (κ1) is 11.3. The van der Waals surface area contributed by atoms with Crippen LogP contribution in [0.4, 0.5) is 10.1 Å². The fourth-order valence-corrected chi connectivity index (χ4v) is 1.67. The molecule has 2 rings (SSSR count). The van der Waals surface area contributed by atoms with Crippen LogP contribution in [0.3, 0.4) is 0 Å². The van der Waals surface area contributed by atoms with Crippen LogP contribution in [0, 0.1) is 12.7 Å². The van der Waals surface area contributed by atoms with Gasteiger partial charge in [0.2, 0.25) is 0 Å². The first-order valence-electron chi connectivity index (χ1n) is 5.25. The zero-order chi connectivity index (χ0) is 12.4. The van der Waals surface area contributed by atoms with E-state index in [-0.39, 0.29) is 11.3 Å². The minimum atomic E-state index is -0.529. The van der Waals surface area contributed by atoms with Crippen LogP contribution in [0.5, 0.6) is 0 Å². The molecule has 2 aromatic carbocycles. The summed E-state index contributed by atoms with van der Waals surface area (Å²) in [5.74, 6) is -0.914. The van der Waals surface area contributed by atoms with Crippen molar-refractivity contribution >= 4 is 11.5 Å². The van der Waals surface area contributed by atoms with Crippen molar-refractivity contribution in [3.63, 3.8) is 0 Å². The highest BCUT2D eigenvalue weighted by Gasteiger charge is 2.16. The lowest BCUT2D eigenvalue weighted by atomic mass is 9.99. The first-order valence-corrected chi connectivity index (χ1v) is 5.25. The zero-order valence-electron chi connectivity index (χ0n) is 9.41. The number of ketones is 1. The van der Waals surface area contributed by atoms with Crippen molar-refractivity contribution in [1.29, 1.82) is 0 Å². The minimum Gasteiger partial charge on any atom is -0.398 e. The maximum Gasteiger partial charge on any atom is 0.198 e. The highest BCUT2D eigenvalue weighted by atomic mass is 19.1. The molecule has 0 heterocycles. The van der Waals surface area contributed by atoms with Crippen molar-refractivity contribution in [1.82, 2.24) is 0 Å². The Labute approximate surface area is 98.9 Å². The number of hydrogen-bond acceptors (Lipinski definition) is 2. The Morgan fingerprint density at radius 2 is 1.71 bits per heavy atom. The van der Waals surface area contributed by atoms with Crippen LogP contribution in [0.15, 0.2) is 42.5 Å². The van der Waals surface area contributed by atoms with E-state index in [0.717, 1.165) is 5.56 Å². The van der Waals surface area contributed by atoms with Gasteiger partial charge >= 0.3 is 0 Å². The molecule has 0 fully saturated rings. The lowest BCUT2D eigenvalue weighted by molar-refractivity contribution is 0.103. The molecule has 17 heavy (non-hydrogen) atoms. The Balaban J connectivity index is 2.52. The normalized spacial score (nSPS) is 10.2. The van der Waals surface area contributed by atoms with Gasteiger partial charge in [-0.05, 0) is 30.7 Å². The van der Waals surface area contributed by atoms with E-state index < -0.39 is 5.82 Å². The lowest BCUT2D eigenvalue weighted by Crippen LogP contribution is -2.08. The van der Waals surface area contributed by atoms with Crippen LogP contribution >= 0.6 is 0 Å². The summed E-state index contributed by atoms with van der Waals surface area (Å²) in [5, 5.41) is 0. The van der Waals surface area contributed by atoms with Crippen molar-refractivity contribution in [2.45, 2.75) is 6.92 Å². The SMILES string of the molecule is Cc1cccc(C(=O)c2ccccc2F)c1N. The number of carbonyl (C=O) groups is 1. The third-order valence-corrected chi connectivity index (χ3v) is 2.69. The molecule has 3 heteroatoms. The van der Waals surface area contributed by atoms with E-state index in [0.29, 0.717) is 11.3 Å². The second-order valence-corrected chi connectivity index (χ2v) is 3.85. The molecule has 2 N–H and O–H groups in total. The molecule has 0 aromatic heterocycles. The third kappa shape index (κ3) is 2.04.